The van der Waals surface area contributed by atoms with Crippen molar-refractivity contribution in [2.75, 3.05) is 24.7 Å². The average Bonchev–Trinajstić information content (AvgIpc) is 2.59. The van der Waals surface area contributed by atoms with Gasteiger partial charge in [0.25, 0.3) is 5.91 Å². The van der Waals surface area contributed by atoms with E-state index in [1.54, 1.807) is 0 Å². The van der Waals surface area contributed by atoms with Gasteiger partial charge < -0.3 is 15.0 Å². The highest BCUT2D eigenvalue weighted by molar-refractivity contribution is 5.95. The van der Waals surface area contributed by atoms with Crippen LogP contribution in [0, 0.1) is 0 Å². The van der Waals surface area contributed by atoms with Crippen molar-refractivity contribution in [3.05, 3.63) is 29.8 Å². The van der Waals surface area contributed by atoms with Crippen LogP contribution in [-0.4, -0.2) is 31.7 Å². The van der Waals surface area contributed by atoms with Crippen LogP contribution in [0.25, 0.3) is 0 Å². The van der Waals surface area contributed by atoms with Gasteiger partial charge in [-0.3, -0.25) is 4.79 Å². The van der Waals surface area contributed by atoms with E-state index in [0.29, 0.717) is 13.2 Å². The molecule has 1 atom stereocenters. The van der Waals surface area contributed by atoms with Gasteiger partial charge in [-0.1, -0.05) is 25.1 Å². The van der Waals surface area contributed by atoms with Gasteiger partial charge in [-0.05, 0) is 25.0 Å². The summed E-state index contributed by atoms with van der Waals surface area (Å²) in [5.74, 6) is 0.0384. The molecule has 0 spiro atoms. The third-order valence-electron chi connectivity index (χ3n) is 3.25. The van der Waals surface area contributed by atoms with Crippen molar-refractivity contribution < 1.29 is 9.53 Å². The van der Waals surface area contributed by atoms with E-state index in [4.69, 9.17) is 4.74 Å². The van der Waals surface area contributed by atoms with E-state index < -0.39 is 0 Å². The molecule has 0 radical (unpaired) electrons. The second-order valence-corrected chi connectivity index (χ2v) is 4.97. The van der Waals surface area contributed by atoms with Crippen LogP contribution < -0.4 is 10.2 Å². The molecule has 4 nitrogen and oxygen atoms in total. The van der Waals surface area contributed by atoms with Crippen LogP contribution in [0.4, 0.5) is 5.69 Å². The Balaban J connectivity index is 2.15. The van der Waals surface area contributed by atoms with Crippen molar-refractivity contribution in [3.63, 3.8) is 0 Å². The van der Waals surface area contributed by atoms with Crippen molar-refractivity contribution in [1.82, 2.24) is 5.32 Å². The maximum atomic E-state index is 12.3. The minimum Gasteiger partial charge on any atom is -0.372 e. The van der Waals surface area contributed by atoms with Crippen LogP contribution in [0.15, 0.2) is 24.3 Å². The summed E-state index contributed by atoms with van der Waals surface area (Å²) in [6.45, 7) is 6.42. The molecule has 0 bridgehead atoms. The van der Waals surface area contributed by atoms with Crippen LogP contribution in [-0.2, 0) is 16.1 Å². The highest BCUT2D eigenvalue weighted by Gasteiger charge is 2.23. The Kier molecular flexibility index (Phi) is 4.93. The van der Waals surface area contributed by atoms with E-state index >= 15 is 0 Å². The fourth-order valence-electron chi connectivity index (χ4n) is 2.26. The fourth-order valence-corrected chi connectivity index (χ4v) is 2.26. The predicted octanol–water partition coefficient (Wildman–Crippen LogP) is 1.94. The molecule has 1 amide bonds. The number of hydrogen-bond donors (Lipinski definition) is 1. The van der Waals surface area contributed by atoms with Crippen molar-refractivity contribution in [2.45, 2.75) is 32.9 Å². The number of anilines is 1. The predicted molar refractivity (Wildman–Crippen MR) is 76.2 cm³/mol. The molecule has 1 aromatic carbocycles. The second-order valence-electron chi connectivity index (χ2n) is 4.97. The number of nitrogens with zero attached hydrogens (tertiary/aromatic N) is 1. The molecule has 0 aliphatic carbocycles. The Morgan fingerprint density at radius 3 is 3.05 bits per heavy atom. The number of carbonyl (C=O) groups is 1. The number of ether oxygens (including phenoxy) is 1. The molecule has 1 aliphatic rings. The van der Waals surface area contributed by atoms with Crippen LogP contribution in [0.3, 0.4) is 0 Å². The molecule has 0 saturated heterocycles. The van der Waals surface area contributed by atoms with Crippen molar-refractivity contribution in [2.24, 2.45) is 0 Å². The molecule has 1 aromatic rings. The molecular weight excluding hydrogens is 240 g/mol. The molecule has 19 heavy (non-hydrogen) atoms. The molecule has 1 N–H and O–H groups in total. The third-order valence-corrected chi connectivity index (χ3v) is 3.25. The van der Waals surface area contributed by atoms with Crippen molar-refractivity contribution in [3.8, 4) is 0 Å². The molecule has 1 unspecified atom stereocenters. The Labute approximate surface area is 114 Å². The minimum absolute atomic E-state index is 0.0384. The number of benzene rings is 1. The van der Waals surface area contributed by atoms with E-state index in [1.807, 2.05) is 30.0 Å². The van der Waals surface area contributed by atoms with Crippen LogP contribution in [0.1, 0.15) is 25.8 Å². The van der Waals surface area contributed by atoms with Gasteiger partial charge in [0.1, 0.15) is 6.61 Å². The Morgan fingerprint density at radius 2 is 2.26 bits per heavy atom. The Bertz CT molecular complexity index is 434. The van der Waals surface area contributed by atoms with Gasteiger partial charge in [-0.25, -0.2) is 0 Å². The van der Waals surface area contributed by atoms with Gasteiger partial charge >= 0.3 is 0 Å². The lowest BCUT2D eigenvalue weighted by Crippen LogP contribution is -2.41. The lowest BCUT2D eigenvalue weighted by Gasteiger charge is -2.24. The number of carbonyl (C=O) groups excluding carboxylic acids is 1. The first kappa shape index (κ1) is 14.0. The third kappa shape index (κ3) is 3.55. The fraction of sp³-hybridized carbons (Fsp3) is 0.533. The van der Waals surface area contributed by atoms with Gasteiger partial charge in [0.2, 0.25) is 0 Å². The maximum Gasteiger partial charge on any atom is 0.253 e. The number of para-hydroxylation sites is 1. The smallest absolute Gasteiger partial charge is 0.253 e. The van der Waals surface area contributed by atoms with E-state index in [-0.39, 0.29) is 18.6 Å². The number of amides is 1. The van der Waals surface area contributed by atoms with E-state index in [1.165, 1.54) is 0 Å². The van der Waals surface area contributed by atoms with Crippen molar-refractivity contribution in [1.29, 1.82) is 0 Å². The summed E-state index contributed by atoms with van der Waals surface area (Å²) >= 11 is 0. The summed E-state index contributed by atoms with van der Waals surface area (Å²) in [5, 5.41) is 3.42. The van der Waals surface area contributed by atoms with E-state index in [0.717, 1.165) is 24.2 Å². The SMILES string of the molecule is CCCOCC(=O)N1CC(C)NCc2ccccc21. The quantitative estimate of drug-likeness (QED) is 0.843. The minimum atomic E-state index is 0.0384. The molecule has 4 heteroatoms. The summed E-state index contributed by atoms with van der Waals surface area (Å²) < 4.78 is 5.38. The molecule has 104 valence electrons. The zero-order chi connectivity index (χ0) is 13.7. The van der Waals surface area contributed by atoms with Crippen molar-refractivity contribution >= 4 is 11.6 Å². The zero-order valence-electron chi connectivity index (χ0n) is 11.7. The standard InChI is InChI=1S/C15H22N2O2/c1-3-8-19-11-15(18)17-10-12(2)16-9-13-6-4-5-7-14(13)17/h4-7,12,16H,3,8-11H2,1-2H3. The molecule has 2 rings (SSSR count). The molecule has 1 aliphatic heterocycles. The van der Waals surface area contributed by atoms with E-state index in [9.17, 15) is 4.79 Å². The van der Waals surface area contributed by atoms with Crippen LogP contribution in [0.5, 0.6) is 0 Å². The Hall–Kier alpha value is -1.39. The van der Waals surface area contributed by atoms with E-state index in [2.05, 4.69) is 18.3 Å². The lowest BCUT2D eigenvalue weighted by molar-refractivity contribution is -0.123. The zero-order valence-corrected chi connectivity index (χ0v) is 11.7. The summed E-state index contributed by atoms with van der Waals surface area (Å²) in [6.07, 6.45) is 0.932. The van der Waals surface area contributed by atoms with Gasteiger partial charge in [0, 0.05) is 31.4 Å². The van der Waals surface area contributed by atoms with Gasteiger partial charge in [0.15, 0.2) is 0 Å². The highest BCUT2D eigenvalue weighted by atomic mass is 16.5. The topological polar surface area (TPSA) is 41.6 Å². The number of rotatable bonds is 4. The molecule has 1 heterocycles. The normalized spacial score (nSPS) is 18.8. The monoisotopic (exact) mass is 262 g/mol. The second kappa shape index (κ2) is 6.68. The highest BCUT2D eigenvalue weighted by Crippen LogP contribution is 2.23. The first-order valence-electron chi connectivity index (χ1n) is 6.91. The summed E-state index contributed by atoms with van der Waals surface area (Å²) in [6, 6.07) is 8.33. The average molecular weight is 262 g/mol. The van der Waals surface area contributed by atoms with Crippen LogP contribution in [0.2, 0.25) is 0 Å². The van der Waals surface area contributed by atoms with Crippen LogP contribution >= 0.6 is 0 Å². The van der Waals surface area contributed by atoms with Gasteiger partial charge in [-0.15, -0.1) is 0 Å². The van der Waals surface area contributed by atoms with Gasteiger partial charge in [-0.2, -0.15) is 0 Å². The first-order valence-corrected chi connectivity index (χ1v) is 6.91. The Morgan fingerprint density at radius 1 is 1.47 bits per heavy atom. The molecule has 0 aromatic heterocycles. The number of fused-ring (bicyclic) bond motifs is 1. The summed E-state index contributed by atoms with van der Waals surface area (Å²) in [5.41, 5.74) is 2.17. The number of hydrogen-bond acceptors (Lipinski definition) is 3. The molecule has 0 saturated carbocycles. The molecule has 0 fully saturated rings. The largest absolute Gasteiger partial charge is 0.372 e. The van der Waals surface area contributed by atoms with Gasteiger partial charge in [0.05, 0.1) is 0 Å². The first-order chi connectivity index (χ1) is 9.22. The maximum absolute atomic E-state index is 12.3. The summed E-state index contributed by atoms with van der Waals surface area (Å²) in [4.78, 5) is 14.2. The lowest BCUT2D eigenvalue weighted by atomic mass is 10.1. The number of nitrogens with one attached hydrogen (secondary N) is 1. The summed E-state index contributed by atoms with van der Waals surface area (Å²) in [7, 11) is 0. The molecular formula is C15H22N2O2.